The van der Waals surface area contributed by atoms with Crippen molar-refractivity contribution in [1.82, 2.24) is 20.4 Å². The van der Waals surface area contributed by atoms with Gasteiger partial charge in [-0.3, -0.25) is 14.5 Å². The third kappa shape index (κ3) is 6.93. The van der Waals surface area contributed by atoms with Crippen LogP contribution in [0.4, 0.5) is 0 Å². The van der Waals surface area contributed by atoms with Crippen LogP contribution in [0.2, 0.25) is 0 Å². The normalized spacial score (nSPS) is 22.5. The minimum absolute atomic E-state index is 0. The Kier molecular flexibility index (Phi) is 10.0. The zero-order chi connectivity index (χ0) is 17.6. The number of halogens is 2. The third-order valence-corrected chi connectivity index (χ3v) is 4.81. The molecule has 2 heterocycles. The Balaban J connectivity index is 0.00000182. The minimum atomic E-state index is -0.482. The van der Waals surface area contributed by atoms with E-state index in [0.717, 1.165) is 19.6 Å². The molecular weight excluding hydrogens is 391 g/mol. The quantitative estimate of drug-likeness (QED) is 0.627. The zero-order valence-electron chi connectivity index (χ0n) is 15.2. The van der Waals surface area contributed by atoms with Crippen LogP contribution < -0.4 is 10.6 Å². The molecule has 2 saturated heterocycles. The molecule has 2 aliphatic heterocycles. The summed E-state index contributed by atoms with van der Waals surface area (Å²) in [5.41, 5.74) is 1.28. The van der Waals surface area contributed by atoms with Gasteiger partial charge in [0.1, 0.15) is 0 Å². The summed E-state index contributed by atoms with van der Waals surface area (Å²) in [6.45, 7) is 4.39. The molecule has 2 unspecified atom stereocenters. The number of benzene rings is 1. The number of hydrogen-bond donors (Lipinski definition) is 3. The van der Waals surface area contributed by atoms with Crippen molar-refractivity contribution in [3.05, 3.63) is 35.9 Å². The summed E-state index contributed by atoms with van der Waals surface area (Å²) >= 11 is 0. The standard InChI is InChI=1S/C18H26N4O3.2ClH/c23-15-10-16(19-11-15)18(25)20-12-17(24)22-8-6-21(7-9-22)13-14-4-2-1-3-5-14;;/h1-5,15-16,19,23H,6-13H2,(H,20,25);2*1H. The number of amides is 2. The van der Waals surface area contributed by atoms with E-state index in [2.05, 4.69) is 27.7 Å². The second-order valence-corrected chi connectivity index (χ2v) is 6.71. The molecule has 0 radical (unpaired) electrons. The predicted octanol–water partition coefficient (Wildman–Crippen LogP) is 0.0134. The molecule has 1 aromatic rings. The van der Waals surface area contributed by atoms with Crippen molar-refractivity contribution in [2.75, 3.05) is 39.3 Å². The van der Waals surface area contributed by atoms with Gasteiger partial charge in [0.05, 0.1) is 18.7 Å². The van der Waals surface area contributed by atoms with Gasteiger partial charge >= 0.3 is 0 Å². The first-order valence-electron chi connectivity index (χ1n) is 8.85. The van der Waals surface area contributed by atoms with E-state index in [0.29, 0.717) is 26.1 Å². The lowest BCUT2D eigenvalue weighted by molar-refractivity contribution is -0.134. The SMILES string of the molecule is Cl.Cl.O=C(NCC(=O)N1CCN(Cc2ccccc2)CC1)C1CC(O)CN1. The molecule has 0 saturated carbocycles. The fourth-order valence-corrected chi connectivity index (χ4v) is 3.31. The van der Waals surface area contributed by atoms with Gasteiger partial charge in [0.25, 0.3) is 0 Å². The van der Waals surface area contributed by atoms with E-state index in [4.69, 9.17) is 0 Å². The van der Waals surface area contributed by atoms with Crippen LogP contribution in [-0.2, 0) is 16.1 Å². The van der Waals surface area contributed by atoms with E-state index < -0.39 is 12.1 Å². The largest absolute Gasteiger partial charge is 0.392 e. The van der Waals surface area contributed by atoms with Crippen LogP contribution in [-0.4, -0.2) is 78.1 Å². The molecule has 2 fully saturated rings. The van der Waals surface area contributed by atoms with Gasteiger partial charge in [-0.2, -0.15) is 0 Å². The number of piperazine rings is 1. The van der Waals surface area contributed by atoms with Crippen LogP contribution in [0.5, 0.6) is 0 Å². The Morgan fingerprint density at radius 2 is 1.78 bits per heavy atom. The van der Waals surface area contributed by atoms with Crippen LogP contribution in [0.3, 0.4) is 0 Å². The molecule has 3 rings (SSSR count). The van der Waals surface area contributed by atoms with E-state index in [1.54, 1.807) is 4.90 Å². The summed E-state index contributed by atoms with van der Waals surface area (Å²) in [6.07, 6.45) is -0.0813. The van der Waals surface area contributed by atoms with Crippen molar-refractivity contribution in [2.45, 2.75) is 25.1 Å². The number of β-amino-alcohol motifs (C(OH)–C–C–N with tert-alkyl or cyclic N) is 1. The summed E-state index contributed by atoms with van der Waals surface area (Å²) < 4.78 is 0. The molecule has 2 atom stereocenters. The molecule has 27 heavy (non-hydrogen) atoms. The molecule has 0 aromatic heterocycles. The Hall–Kier alpha value is -1.38. The maximum atomic E-state index is 12.3. The lowest BCUT2D eigenvalue weighted by atomic mass is 10.2. The smallest absolute Gasteiger partial charge is 0.242 e. The maximum absolute atomic E-state index is 12.3. The first-order chi connectivity index (χ1) is 12.1. The van der Waals surface area contributed by atoms with Gasteiger partial charge in [0.15, 0.2) is 0 Å². The van der Waals surface area contributed by atoms with Crippen molar-refractivity contribution in [3.8, 4) is 0 Å². The van der Waals surface area contributed by atoms with Gasteiger partial charge < -0.3 is 20.6 Å². The van der Waals surface area contributed by atoms with E-state index in [9.17, 15) is 14.7 Å². The summed E-state index contributed by atoms with van der Waals surface area (Å²) in [5, 5.41) is 15.1. The number of carbonyl (C=O) groups is 2. The Morgan fingerprint density at radius 3 is 2.37 bits per heavy atom. The van der Waals surface area contributed by atoms with Crippen LogP contribution in [0, 0.1) is 0 Å². The van der Waals surface area contributed by atoms with E-state index in [1.165, 1.54) is 5.56 Å². The van der Waals surface area contributed by atoms with Crippen LogP contribution in [0.15, 0.2) is 30.3 Å². The van der Waals surface area contributed by atoms with Gasteiger partial charge in [0, 0.05) is 39.3 Å². The van der Waals surface area contributed by atoms with E-state index in [-0.39, 0.29) is 43.2 Å². The van der Waals surface area contributed by atoms with Crippen molar-refractivity contribution < 1.29 is 14.7 Å². The first-order valence-corrected chi connectivity index (χ1v) is 8.85. The Morgan fingerprint density at radius 1 is 1.11 bits per heavy atom. The van der Waals surface area contributed by atoms with Crippen molar-refractivity contribution in [2.24, 2.45) is 0 Å². The van der Waals surface area contributed by atoms with Crippen LogP contribution in [0.25, 0.3) is 0 Å². The van der Waals surface area contributed by atoms with Crippen LogP contribution >= 0.6 is 24.8 Å². The highest BCUT2D eigenvalue weighted by atomic mass is 35.5. The number of aliphatic hydroxyl groups excluding tert-OH is 1. The number of aliphatic hydroxyl groups is 1. The minimum Gasteiger partial charge on any atom is -0.392 e. The predicted molar refractivity (Wildman–Crippen MR) is 108 cm³/mol. The first kappa shape index (κ1) is 23.7. The highest BCUT2D eigenvalue weighted by Gasteiger charge is 2.28. The Labute approximate surface area is 172 Å². The van der Waals surface area contributed by atoms with Crippen molar-refractivity contribution >= 4 is 36.6 Å². The molecule has 7 nitrogen and oxygen atoms in total. The lowest BCUT2D eigenvalue weighted by Gasteiger charge is -2.34. The summed E-state index contributed by atoms with van der Waals surface area (Å²) in [6, 6.07) is 9.91. The molecule has 0 bridgehead atoms. The average molecular weight is 419 g/mol. The van der Waals surface area contributed by atoms with Gasteiger partial charge in [0.2, 0.25) is 11.8 Å². The fraction of sp³-hybridized carbons (Fsp3) is 0.556. The van der Waals surface area contributed by atoms with Crippen molar-refractivity contribution in [3.63, 3.8) is 0 Å². The van der Waals surface area contributed by atoms with Gasteiger partial charge in [-0.05, 0) is 12.0 Å². The van der Waals surface area contributed by atoms with Gasteiger partial charge in [-0.1, -0.05) is 30.3 Å². The molecule has 2 aliphatic rings. The molecular formula is C18H28Cl2N4O3. The number of nitrogens with one attached hydrogen (secondary N) is 2. The molecule has 3 N–H and O–H groups in total. The summed E-state index contributed by atoms with van der Waals surface area (Å²) in [5.74, 6) is -0.265. The third-order valence-electron chi connectivity index (χ3n) is 4.81. The van der Waals surface area contributed by atoms with Gasteiger partial charge in [-0.15, -0.1) is 24.8 Å². The average Bonchev–Trinajstić information content (AvgIpc) is 3.07. The van der Waals surface area contributed by atoms with E-state index in [1.807, 2.05) is 18.2 Å². The fourth-order valence-electron chi connectivity index (χ4n) is 3.31. The molecule has 0 spiro atoms. The second kappa shape index (κ2) is 11.5. The van der Waals surface area contributed by atoms with E-state index >= 15 is 0 Å². The molecule has 2 amide bonds. The number of nitrogens with zero attached hydrogens (tertiary/aromatic N) is 2. The zero-order valence-corrected chi connectivity index (χ0v) is 16.8. The molecule has 1 aromatic carbocycles. The van der Waals surface area contributed by atoms with Crippen molar-refractivity contribution in [1.29, 1.82) is 0 Å². The Bertz CT molecular complexity index is 598. The number of hydrogen-bond acceptors (Lipinski definition) is 5. The lowest BCUT2D eigenvalue weighted by Crippen LogP contribution is -2.52. The van der Waals surface area contributed by atoms with Gasteiger partial charge in [-0.25, -0.2) is 0 Å². The highest BCUT2D eigenvalue weighted by Crippen LogP contribution is 2.09. The highest BCUT2D eigenvalue weighted by molar-refractivity contribution is 5.87. The monoisotopic (exact) mass is 418 g/mol. The number of rotatable bonds is 5. The topological polar surface area (TPSA) is 84.9 Å². The second-order valence-electron chi connectivity index (χ2n) is 6.71. The van der Waals surface area contributed by atoms with Crippen LogP contribution in [0.1, 0.15) is 12.0 Å². The molecule has 9 heteroatoms. The number of carbonyl (C=O) groups excluding carboxylic acids is 2. The summed E-state index contributed by atoms with van der Waals surface area (Å²) in [4.78, 5) is 28.4. The molecule has 0 aliphatic carbocycles. The maximum Gasteiger partial charge on any atom is 0.242 e. The molecule has 152 valence electrons. The summed E-state index contributed by atoms with van der Waals surface area (Å²) in [7, 11) is 0.